The van der Waals surface area contributed by atoms with Crippen molar-refractivity contribution in [3.05, 3.63) is 337 Å². The van der Waals surface area contributed by atoms with Crippen LogP contribution < -0.4 is 41.5 Å². The number of aromatic nitrogens is 2. The van der Waals surface area contributed by atoms with Crippen molar-refractivity contribution in [2.75, 3.05) is 19.6 Å². The van der Waals surface area contributed by atoms with Crippen molar-refractivity contribution in [1.82, 2.24) is 9.13 Å². The summed E-state index contributed by atoms with van der Waals surface area (Å²) >= 11 is 0. The highest BCUT2D eigenvalue weighted by Crippen LogP contribution is 2.60. The largest absolute Gasteiger partial charge is 0.311 e. The van der Waals surface area contributed by atoms with Crippen molar-refractivity contribution in [2.45, 2.75) is 38.5 Å². The maximum absolute atomic E-state index is 2.73. The van der Waals surface area contributed by atoms with Crippen LogP contribution in [0.5, 0.6) is 0 Å². The van der Waals surface area contributed by atoms with Crippen molar-refractivity contribution >= 4 is 147 Å². The number of hydrogen-bond donors (Lipinski definition) is 0. The lowest BCUT2D eigenvalue weighted by atomic mass is 9.27. The second-order valence-corrected chi connectivity index (χ2v) is 27.9. The Labute approximate surface area is 558 Å². The van der Waals surface area contributed by atoms with Crippen LogP contribution >= 0.6 is 0 Å². The van der Waals surface area contributed by atoms with Crippen molar-refractivity contribution in [2.24, 2.45) is 0 Å². The molecule has 6 heterocycles. The first-order chi connectivity index (χ1) is 47.2. The fourth-order valence-electron chi connectivity index (χ4n) is 18.6. The van der Waals surface area contributed by atoms with Crippen molar-refractivity contribution in [3.63, 3.8) is 0 Å². The van der Waals surface area contributed by atoms with Gasteiger partial charge in [-0.05, 0) is 136 Å². The highest BCUT2D eigenvalue weighted by Gasteiger charge is 2.57. The molecule has 21 rings (SSSR count). The zero-order chi connectivity index (χ0) is 63.4. The molecular weight excluding hydrogens is 1160 g/mol. The fraction of sp³-hybridized carbons (Fsp3) is 0.0682. The first-order valence-corrected chi connectivity index (χ1v) is 33.8. The van der Waals surface area contributed by atoms with E-state index in [0.29, 0.717) is 0 Å². The van der Waals surface area contributed by atoms with Crippen LogP contribution in [0.3, 0.4) is 0 Å². The summed E-state index contributed by atoms with van der Waals surface area (Å²) in [6.45, 7) is 9.65. The first-order valence-electron chi connectivity index (χ1n) is 33.8. The Balaban J connectivity index is 0.934. The smallest absolute Gasteiger partial charge is 0.248 e. The van der Waals surface area contributed by atoms with Gasteiger partial charge in [0.25, 0.3) is 0 Å². The zero-order valence-corrected chi connectivity index (χ0v) is 53.7. The highest BCUT2D eigenvalue weighted by molar-refractivity contribution is 6.99. The lowest BCUT2D eigenvalue weighted by Gasteiger charge is -2.49. The zero-order valence-electron chi connectivity index (χ0n) is 53.7. The Hall–Kier alpha value is -11.7. The van der Waals surface area contributed by atoms with Crippen LogP contribution in [0.1, 0.15) is 49.9 Å². The minimum Gasteiger partial charge on any atom is -0.311 e. The number of nitrogens with zero attached hydrogens (tertiary/aromatic N) is 6. The second-order valence-electron chi connectivity index (χ2n) is 27.9. The van der Waals surface area contributed by atoms with E-state index in [0.717, 1.165) is 34.1 Å². The number of hydrogen-bond acceptors (Lipinski definition) is 4. The summed E-state index contributed by atoms with van der Waals surface area (Å²) in [5.74, 6) is 0. The van der Waals surface area contributed by atoms with E-state index in [-0.39, 0.29) is 13.4 Å². The quantitative estimate of drug-likeness (QED) is 0.155. The molecule has 15 aromatic rings. The molecule has 0 bridgehead atoms. The van der Waals surface area contributed by atoms with Gasteiger partial charge in [-0.2, -0.15) is 0 Å². The molecular formula is C88H62B2N6. The standard InChI is InChI=1S/C88H62B2N6/c1-87(2)67-43-23-17-41-65(67)83-85(87)89-69-53-70-76(54-75(69)91(55-29-9-5-10-30-55)77-49-59(51-79(81(77)89)95(83)57-33-13-7-14-34-57)93-71-45-25-19-37-61(71)62-38-20-26-46-72(62)93)92(56-31-11-6-12-32-56)78-50-60(94-73-47-27-21-39-63(73)64-40-22-28-48-74(64)94)52-80-82(78)90(70)86-84(96(80)58-35-15-8-16-36-58)66-42-18-24-44-68(66)88(86,3)4/h5-54H,1-4H3. The number of allylic oxidation sites excluding steroid dienone is 2. The third kappa shape index (κ3) is 7.02. The van der Waals surface area contributed by atoms with E-state index >= 15 is 0 Å². The molecule has 2 aromatic heterocycles. The van der Waals surface area contributed by atoms with Gasteiger partial charge in [-0.15, -0.1) is 0 Å². The Kier molecular flexibility index (Phi) is 10.9. The van der Waals surface area contributed by atoms with Gasteiger partial charge >= 0.3 is 0 Å². The number of rotatable bonds is 6. The molecule has 6 aliphatic rings. The Bertz CT molecular complexity index is 5470. The molecule has 6 nitrogen and oxygen atoms in total. The predicted molar refractivity (Wildman–Crippen MR) is 404 cm³/mol. The summed E-state index contributed by atoms with van der Waals surface area (Å²) in [5, 5.41) is 4.94. The van der Waals surface area contributed by atoms with Gasteiger partial charge in [0, 0.05) is 112 Å². The molecule has 0 N–H and O–H groups in total. The average molecular weight is 1230 g/mol. The summed E-state index contributed by atoms with van der Waals surface area (Å²) in [6, 6.07) is 115. The molecule has 0 saturated heterocycles. The molecule has 96 heavy (non-hydrogen) atoms. The van der Waals surface area contributed by atoms with Crippen LogP contribution in [0.25, 0.3) is 66.4 Å². The van der Waals surface area contributed by atoms with Gasteiger partial charge in [-0.3, -0.25) is 0 Å². The third-order valence-corrected chi connectivity index (χ3v) is 22.4. The summed E-state index contributed by atoms with van der Waals surface area (Å²) in [5.41, 5.74) is 33.5. The van der Waals surface area contributed by atoms with Gasteiger partial charge < -0.3 is 28.7 Å². The SMILES string of the molecule is CC1(C)C2=C(c3ccccc31)N(c1ccccc1)c1cc(-n3c4ccccc4c4ccccc43)cc3c1B2c1cc2c(cc1N3c1ccccc1)N(c1ccccc1)c1cc(-n3c4ccccc4c4ccccc43)cc3c1B2C1=C(c2ccccc2C1(C)C)N3c1ccccc1. The Morgan fingerprint density at radius 3 is 0.875 bits per heavy atom. The van der Waals surface area contributed by atoms with E-state index in [9.17, 15) is 0 Å². The average Bonchev–Trinajstić information content (AvgIpc) is 1.30. The van der Waals surface area contributed by atoms with Crippen LogP contribution in [0.15, 0.2) is 314 Å². The van der Waals surface area contributed by atoms with Crippen molar-refractivity contribution < 1.29 is 0 Å². The molecule has 0 spiro atoms. The van der Waals surface area contributed by atoms with Gasteiger partial charge in [0.15, 0.2) is 0 Å². The predicted octanol–water partition coefficient (Wildman–Crippen LogP) is 19.5. The summed E-state index contributed by atoms with van der Waals surface area (Å²) < 4.78 is 5.05. The summed E-state index contributed by atoms with van der Waals surface area (Å²) in [7, 11) is 0. The minimum atomic E-state index is -0.392. The highest BCUT2D eigenvalue weighted by atomic mass is 15.2. The van der Waals surface area contributed by atoms with Gasteiger partial charge in [-0.1, -0.05) is 239 Å². The second kappa shape index (κ2) is 19.4. The Morgan fingerprint density at radius 2 is 0.531 bits per heavy atom. The maximum Gasteiger partial charge on any atom is 0.248 e. The first kappa shape index (κ1) is 53.7. The molecule has 13 aromatic carbocycles. The lowest BCUT2D eigenvalue weighted by Crippen LogP contribution is -2.61. The van der Waals surface area contributed by atoms with Crippen LogP contribution in [-0.2, 0) is 10.8 Å². The van der Waals surface area contributed by atoms with Crippen LogP contribution in [-0.4, -0.2) is 22.6 Å². The third-order valence-electron chi connectivity index (χ3n) is 22.4. The van der Waals surface area contributed by atoms with E-state index < -0.39 is 10.8 Å². The number of benzene rings is 13. The number of para-hydroxylation sites is 8. The van der Waals surface area contributed by atoms with E-state index in [1.807, 2.05) is 0 Å². The topological polar surface area (TPSA) is 22.8 Å². The van der Waals surface area contributed by atoms with Gasteiger partial charge in [0.2, 0.25) is 13.4 Å². The molecule has 0 amide bonds. The van der Waals surface area contributed by atoms with Gasteiger partial charge in [-0.25, -0.2) is 0 Å². The number of anilines is 10. The van der Waals surface area contributed by atoms with Gasteiger partial charge in [0.1, 0.15) is 0 Å². The summed E-state index contributed by atoms with van der Waals surface area (Å²) in [4.78, 5) is 10.6. The molecule has 0 atom stereocenters. The number of fused-ring (bicyclic) bond motifs is 16. The molecule has 450 valence electrons. The van der Waals surface area contributed by atoms with E-state index in [4.69, 9.17) is 0 Å². The van der Waals surface area contributed by atoms with Crippen LogP contribution in [0.4, 0.5) is 56.9 Å². The van der Waals surface area contributed by atoms with E-state index in [2.05, 4.69) is 360 Å². The molecule has 0 saturated carbocycles. The fourth-order valence-corrected chi connectivity index (χ4v) is 18.6. The van der Waals surface area contributed by atoms with Crippen LogP contribution in [0, 0.1) is 0 Å². The lowest BCUT2D eigenvalue weighted by molar-refractivity contribution is 0.666. The molecule has 0 radical (unpaired) electrons. The van der Waals surface area contributed by atoms with E-state index in [1.54, 1.807) is 0 Å². The van der Waals surface area contributed by atoms with Crippen molar-refractivity contribution in [1.29, 1.82) is 0 Å². The van der Waals surface area contributed by atoms with E-state index in [1.165, 1.54) is 144 Å². The molecule has 0 unspecified atom stereocenters. The molecule has 0 fully saturated rings. The molecule has 8 heteroatoms. The molecule has 4 aliphatic heterocycles. The van der Waals surface area contributed by atoms with Gasteiger partial charge in [0.05, 0.1) is 33.4 Å². The molecule has 2 aliphatic carbocycles. The summed E-state index contributed by atoms with van der Waals surface area (Å²) in [6.07, 6.45) is 0. The Morgan fingerprint density at radius 1 is 0.250 bits per heavy atom. The normalized spacial score (nSPS) is 15.7. The van der Waals surface area contributed by atoms with Crippen molar-refractivity contribution in [3.8, 4) is 11.4 Å². The maximum atomic E-state index is 2.73. The minimum absolute atomic E-state index is 0.171. The monoisotopic (exact) mass is 1220 g/mol. The van der Waals surface area contributed by atoms with Crippen LogP contribution in [0.2, 0.25) is 0 Å².